The number of anilines is 2. The maximum absolute atomic E-state index is 13.5. The summed E-state index contributed by atoms with van der Waals surface area (Å²) in [6.45, 7) is 2.32. The van der Waals surface area contributed by atoms with Crippen LogP contribution in [0, 0.1) is 0 Å². The van der Waals surface area contributed by atoms with Crippen molar-refractivity contribution in [2.75, 3.05) is 37.2 Å². The Hall–Kier alpha value is -5.59. The number of benzene rings is 4. The van der Waals surface area contributed by atoms with E-state index < -0.39 is 11.8 Å². The van der Waals surface area contributed by atoms with Crippen LogP contribution < -0.4 is 30.2 Å². The standard InChI is InChI=1S/C37H34N4O6S2/c1-4-47-31-13-9-8-12-26(31)20-29(39-35(43)24-10-6-5-7-11-24)36(44)38-27-15-17-28(18-16-27)48-23-34(42)41-37-40-30(22-49-37)25-14-19-32(45-2)33(21-25)46-3/h5-22H,4,23H2,1-3H3,(H,38,44)(H,39,43)(H,40,41,42)/b29-20-. The van der Waals surface area contributed by atoms with E-state index in [9.17, 15) is 14.4 Å². The van der Waals surface area contributed by atoms with Crippen molar-refractivity contribution in [3.8, 4) is 28.5 Å². The first-order chi connectivity index (χ1) is 23.9. The van der Waals surface area contributed by atoms with Gasteiger partial charge in [0, 0.05) is 32.7 Å². The lowest BCUT2D eigenvalue weighted by Crippen LogP contribution is -2.30. The number of hydrogen-bond donors (Lipinski definition) is 3. The summed E-state index contributed by atoms with van der Waals surface area (Å²) in [7, 11) is 3.15. The summed E-state index contributed by atoms with van der Waals surface area (Å²) in [5.74, 6) is 0.831. The van der Waals surface area contributed by atoms with E-state index in [1.165, 1.54) is 23.1 Å². The molecule has 0 aliphatic carbocycles. The molecule has 0 unspecified atom stereocenters. The van der Waals surface area contributed by atoms with Crippen LogP contribution in [0.3, 0.4) is 0 Å². The van der Waals surface area contributed by atoms with Gasteiger partial charge in [-0.2, -0.15) is 0 Å². The van der Waals surface area contributed by atoms with Gasteiger partial charge < -0.3 is 30.2 Å². The lowest BCUT2D eigenvalue weighted by molar-refractivity contribution is -0.114. The highest BCUT2D eigenvalue weighted by Gasteiger charge is 2.17. The summed E-state index contributed by atoms with van der Waals surface area (Å²) in [6, 6.07) is 28.5. The van der Waals surface area contributed by atoms with Crippen molar-refractivity contribution in [2.24, 2.45) is 0 Å². The van der Waals surface area contributed by atoms with Gasteiger partial charge in [-0.1, -0.05) is 36.4 Å². The molecule has 0 atom stereocenters. The zero-order valence-electron chi connectivity index (χ0n) is 27.0. The molecule has 0 bridgehead atoms. The van der Waals surface area contributed by atoms with Gasteiger partial charge in [-0.15, -0.1) is 23.1 Å². The van der Waals surface area contributed by atoms with Gasteiger partial charge in [-0.3, -0.25) is 14.4 Å². The number of carbonyl (C=O) groups excluding carboxylic acids is 3. The van der Waals surface area contributed by atoms with E-state index >= 15 is 0 Å². The molecule has 12 heteroatoms. The fraction of sp³-hybridized carbons (Fsp3) is 0.135. The third-order valence-corrected chi connectivity index (χ3v) is 8.73. The number of nitrogens with one attached hydrogen (secondary N) is 3. The molecule has 4 aromatic carbocycles. The molecule has 0 radical (unpaired) electrons. The highest BCUT2D eigenvalue weighted by atomic mass is 32.2. The lowest BCUT2D eigenvalue weighted by atomic mass is 10.1. The number of aromatic nitrogens is 1. The number of nitrogens with zero attached hydrogens (tertiary/aromatic N) is 1. The molecular formula is C37H34N4O6S2. The van der Waals surface area contributed by atoms with E-state index in [1.54, 1.807) is 68.8 Å². The van der Waals surface area contributed by atoms with Gasteiger partial charge in [0.25, 0.3) is 11.8 Å². The second-order valence-corrected chi connectivity index (χ2v) is 12.2. The lowest BCUT2D eigenvalue weighted by Gasteiger charge is -2.13. The number of thioether (sulfide) groups is 1. The summed E-state index contributed by atoms with van der Waals surface area (Å²) < 4.78 is 16.4. The number of rotatable bonds is 14. The zero-order chi connectivity index (χ0) is 34.6. The molecule has 0 spiro atoms. The molecule has 1 heterocycles. The summed E-state index contributed by atoms with van der Waals surface area (Å²) in [5, 5.41) is 10.8. The Kier molecular flexibility index (Phi) is 12.0. The molecule has 0 aliphatic rings. The Morgan fingerprint density at radius 2 is 1.57 bits per heavy atom. The van der Waals surface area contributed by atoms with Crippen molar-refractivity contribution in [1.29, 1.82) is 0 Å². The first kappa shape index (κ1) is 34.7. The first-order valence-electron chi connectivity index (χ1n) is 15.2. The average Bonchev–Trinajstić information content (AvgIpc) is 3.60. The Labute approximate surface area is 292 Å². The van der Waals surface area contributed by atoms with Gasteiger partial charge in [-0.05, 0) is 73.7 Å². The Morgan fingerprint density at radius 3 is 2.31 bits per heavy atom. The van der Waals surface area contributed by atoms with Crippen LogP contribution in [0.1, 0.15) is 22.8 Å². The third kappa shape index (κ3) is 9.49. The van der Waals surface area contributed by atoms with E-state index in [2.05, 4.69) is 20.9 Å². The van der Waals surface area contributed by atoms with Crippen LogP contribution in [0.25, 0.3) is 17.3 Å². The second kappa shape index (κ2) is 17.0. The van der Waals surface area contributed by atoms with Gasteiger partial charge >= 0.3 is 0 Å². The smallest absolute Gasteiger partial charge is 0.272 e. The van der Waals surface area contributed by atoms with Crippen LogP contribution in [0.15, 0.2) is 113 Å². The monoisotopic (exact) mass is 694 g/mol. The predicted octanol–water partition coefficient (Wildman–Crippen LogP) is 7.37. The average molecular weight is 695 g/mol. The van der Waals surface area contributed by atoms with E-state index in [1.807, 2.05) is 60.8 Å². The first-order valence-corrected chi connectivity index (χ1v) is 17.0. The van der Waals surface area contributed by atoms with Gasteiger partial charge in [0.15, 0.2) is 16.6 Å². The second-order valence-electron chi connectivity index (χ2n) is 10.3. The normalized spacial score (nSPS) is 11.0. The molecule has 0 saturated heterocycles. The third-order valence-electron chi connectivity index (χ3n) is 6.96. The Balaban J connectivity index is 1.20. The summed E-state index contributed by atoms with van der Waals surface area (Å²) >= 11 is 2.68. The summed E-state index contributed by atoms with van der Waals surface area (Å²) in [5.41, 5.74) is 3.17. The molecule has 1 aromatic heterocycles. The van der Waals surface area contributed by atoms with Crippen molar-refractivity contribution in [1.82, 2.24) is 10.3 Å². The molecular weight excluding hydrogens is 661 g/mol. The molecule has 5 rings (SSSR count). The summed E-state index contributed by atoms with van der Waals surface area (Å²) in [4.78, 5) is 44.5. The van der Waals surface area contributed by atoms with Gasteiger partial charge in [-0.25, -0.2) is 4.98 Å². The van der Waals surface area contributed by atoms with E-state index in [0.717, 1.165) is 10.5 Å². The van der Waals surface area contributed by atoms with Crippen molar-refractivity contribution in [3.05, 3.63) is 119 Å². The van der Waals surface area contributed by atoms with Crippen molar-refractivity contribution in [2.45, 2.75) is 11.8 Å². The van der Waals surface area contributed by atoms with E-state index in [-0.39, 0.29) is 17.4 Å². The number of amides is 3. The zero-order valence-corrected chi connectivity index (χ0v) is 28.7. The molecule has 250 valence electrons. The van der Waals surface area contributed by atoms with Crippen LogP contribution in [-0.4, -0.2) is 49.3 Å². The minimum absolute atomic E-state index is 0.0487. The Morgan fingerprint density at radius 1 is 0.837 bits per heavy atom. The van der Waals surface area contributed by atoms with Gasteiger partial charge in [0.05, 0.1) is 32.3 Å². The number of thiazole rings is 1. The molecule has 10 nitrogen and oxygen atoms in total. The number of carbonyl (C=O) groups is 3. The van der Waals surface area contributed by atoms with Crippen LogP contribution in [-0.2, 0) is 9.59 Å². The van der Waals surface area contributed by atoms with Crippen LogP contribution in [0.5, 0.6) is 17.2 Å². The van der Waals surface area contributed by atoms with Crippen molar-refractivity contribution < 1.29 is 28.6 Å². The van der Waals surface area contributed by atoms with E-state index in [0.29, 0.717) is 51.5 Å². The molecule has 0 aliphatic heterocycles. The number of para-hydroxylation sites is 1. The number of hydrogen-bond acceptors (Lipinski definition) is 9. The van der Waals surface area contributed by atoms with Crippen LogP contribution in [0.4, 0.5) is 10.8 Å². The fourth-order valence-electron chi connectivity index (χ4n) is 4.58. The molecule has 0 saturated carbocycles. The predicted molar refractivity (Wildman–Crippen MR) is 195 cm³/mol. The maximum atomic E-state index is 13.5. The van der Waals surface area contributed by atoms with Crippen LogP contribution >= 0.6 is 23.1 Å². The highest BCUT2D eigenvalue weighted by molar-refractivity contribution is 8.00. The molecule has 3 N–H and O–H groups in total. The molecule has 5 aromatic rings. The topological polar surface area (TPSA) is 128 Å². The van der Waals surface area contributed by atoms with Gasteiger partial charge in [0.1, 0.15) is 11.4 Å². The molecule has 3 amide bonds. The SMILES string of the molecule is CCOc1ccccc1/C=C(\NC(=O)c1ccccc1)C(=O)Nc1ccc(SCC(=O)Nc2nc(-c3ccc(OC)c(OC)c3)cs2)cc1. The van der Waals surface area contributed by atoms with Crippen molar-refractivity contribution in [3.63, 3.8) is 0 Å². The molecule has 49 heavy (non-hydrogen) atoms. The van der Waals surface area contributed by atoms with Gasteiger partial charge in [0.2, 0.25) is 5.91 Å². The maximum Gasteiger partial charge on any atom is 0.272 e. The van der Waals surface area contributed by atoms with Crippen molar-refractivity contribution >= 4 is 57.7 Å². The quantitative estimate of drug-likeness (QED) is 0.0813. The minimum atomic E-state index is -0.508. The largest absolute Gasteiger partial charge is 0.493 e. The Bertz CT molecular complexity index is 1940. The molecule has 0 fully saturated rings. The number of methoxy groups -OCH3 is 2. The fourth-order valence-corrected chi connectivity index (χ4v) is 6.02. The number of ether oxygens (including phenoxy) is 3. The summed E-state index contributed by atoms with van der Waals surface area (Å²) in [6.07, 6.45) is 1.59. The highest BCUT2D eigenvalue weighted by Crippen LogP contribution is 2.33. The van der Waals surface area contributed by atoms with E-state index in [4.69, 9.17) is 14.2 Å². The van der Waals surface area contributed by atoms with Crippen LogP contribution in [0.2, 0.25) is 0 Å². The minimum Gasteiger partial charge on any atom is -0.493 e.